The van der Waals surface area contributed by atoms with E-state index in [2.05, 4.69) is 24.4 Å². The fourth-order valence-electron chi connectivity index (χ4n) is 3.56. The van der Waals surface area contributed by atoms with E-state index in [0.717, 1.165) is 13.1 Å². The summed E-state index contributed by atoms with van der Waals surface area (Å²) < 4.78 is 4.91. The van der Waals surface area contributed by atoms with Crippen LogP contribution in [0.4, 0.5) is 0 Å². The second-order valence-corrected chi connectivity index (χ2v) is 8.53. The SMILES string of the molecule is CCCCCCCC/C=C\CCCCCCCCNCCN(CCOC(C)=O)C(C)=O. The molecule has 0 aromatic carbocycles. The van der Waals surface area contributed by atoms with Crippen LogP contribution < -0.4 is 5.32 Å². The largest absolute Gasteiger partial charge is 0.464 e. The highest BCUT2D eigenvalue weighted by Crippen LogP contribution is 2.09. The van der Waals surface area contributed by atoms with Crippen LogP contribution in [0.3, 0.4) is 0 Å². The van der Waals surface area contributed by atoms with Crippen molar-refractivity contribution in [1.29, 1.82) is 0 Å². The topological polar surface area (TPSA) is 58.6 Å². The van der Waals surface area contributed by atoms with Crippen molar-refractivity contribution in [3.05, 3.63) is 12.2 Å². The van der Waals surface area contributed by atoms with E-state index in [1.165, 1.54) is 96.8 Å². The summed E-state index contributed by atoms with van der Waals surface area (Å²) in [6, 6.07) is 0. The highest BCUT2D eigenvalue weighted by Gasteiger charge is 2.08. The predicted molar refractivity (Wildman–Crippen MR) is 131 cm³/mol. The van der Waals surface area contributed by atoms with Crippen LogP contribution in [0.25, 0.3) is 0 Å². The van der Waals surface area contributed by atoms with Crippen LogP contribution in [0.1, 0.15) is 111 Å². The van der Waals surface area contributed by atoms with Gasteiger partial charge in [0.05, 0.1) is 6.54 Å². The second-order valence-electron chi connectivity index (χ2n) is 8.53. The standard InChI is InChI=1S/C26H50N2O3/c1-4-5-6-7-8-9-10-11-12-13-14-15-16-17-18-19-20-27-21-22-28(25(2)29)23-24-31-26(3)30/h11-12,27H,4-10,13-24H2,1-3H3/b12-11-. The van der Waals surface area contributed by atoms with E-state index in [9.17, 15) is 9.59 Å². The Bertz CT molecular complexity index is 452. The van der Waals surface area contributed by atoms with Gasteiger partial charge in [-0.2, -0.15) is 0 Å². The maximum absolute atomic E-state index is 11.6. The molecule has 5 heteroatoms. The molecule has 0 aliphatic rings. The van der Waals surface area contributed by atoms with Gasteiger partial charge in [0.2, 0.25) is 5.91 Å². The Morgan fingerprint density at radius 2 is 1.29 bits per heavy atom. The molecule has 0 saturated carbocycles. The first-order valence-electron chi connectivity index (χ1n) is 12.8. The van der Waals surface area contributed by atoms with Crippen LogP contribution in [0.5, 0.6) is 0 Å². The Morgan fingerprint density at radius 1 is 0.742 bits per heavy atom. The number of ether oxygens (including phenoxy) is 1. The van der Waals surface area contributed by atoms with E-state index in [1.807, 2.05) is 0 Å². The summed E-state index contributed by atoms with van der Waals surface area (Å²) in [7, 11) is 0. The molecule has 31 heavy (non-hydrogen) atoms. The molecule has 0 aromatic heterocycles. The summed E-state index contributed by atoms with van der Waals surface area (Å²) in [5.74, 6) is -0.284. The second kappa shape index (κ2) is 23.3. The molecular weight excluding hydrogens is 388 g/mol. The van der Waals surface area contributed by atoms with Crippen LogP contribution in [0, 0.1) is 0 Å². The average molecular weight is 439 g/mol. The van der Waals surface area contributed by atoms with Crippen molar-refractivity contribution in [3.63, 3.8) is 0 Å². The maximum atomic E-state index is 11.6. The molecule has 0 aliphatic carbocycles. The van der Waals surface area contributed by atoms with E-state index >= 15 is 0 Å². The minimum absolute atomic E-state index is 0.0196. The average Bonchev–Trinajstić information content (AvgIpc) is 2.73. The summed E-state index contributed by atoms with van der Waals surface area (Å²) in [5.41, 5.74) is 0. The fraction of sp³-hybridized carbons (Fsp3) is 0.846. The van der Waals surface area contributed by atoms with Gasteiger partial charge in [0.1, 0.15) is 6.61 Å². The Balaban J connectivity index is 3.35. The summed E-state index contributed by atoms with van der Waals surface area (Å²) in [4.78, 5) is 24.1. The van der Waals surface area contributed by atoms with Crippen molar-refractivity contribution in [1.82, 2.24) is 10.2 Å². The molecule has 5 nitrogen and oxygen atoms in total. The molecule has 0 bridgehead atoms. The van der Waals surface area contributed by atoms with Gasteiger partial charge in [-0.1, -0.05) is 76.9 Å². The molecule has 0 radical (unpaired) electrons. The smallest absolute Gasteiger partial charge is 0.302 e. The lowest BCUT2D eigenvalue weighted by molar-refractivity contribution is -0.143. The molecule has 1 N–H and O–H groups in total. The molecule has 0 rings (SSSR count). The van der Waals surface area contributed by atoms with Gasteiger partial charge < -0.3 is 15.0 Å². The highest BCUT2D eigenvalue weighted by molar-refractivity contribution is 5.73. The van der Waals surface area contributed by atoms with Crippen molar-refractivity contribution >= 4 is 11.9 Å². The molecule has 0 fully saturated rings. The lowest BCUT2D eigenvalue weighted by Gasteiger charge is -2.21. The summed E-state index contributed by atoms with van der Waals surface area (Å²) in [6.45, 7) is 8.37. The number of rotatable bonds is 22. The van der Waals surface area contributed by atoms with Gasteiger partial charge in [0.25, 0.3) is 0 Å². The van der Waals surface area contributed by atoms with Crippen molar-refractivity contribution in [2.75, 3.05) is 32.8 Å². The van der Waals surface area contributed by atoms with Gasteiger partial charge in [0.15, 0.2) is 0 Å². The number of amides is 1. The van der Waals surface area contributed by atoms with E-state index in [1.54, 1.807) is 11.8 Å². The molecule has 0 spiro atoms. The van der Waals surface area contributed by atoms with Gasteiger partial charge in [-0.15, -0.1) is 0 Å². The van der Waals surface area contributed by atoms with Gasteiger partial charge in [-0.3, -0.25) is 9.59 Å². The number of allylic oxidation sites excluding steroid dienone is 2. The van der Waals surface area contributed by atoms with E-state index in [0.29, 0.717) is 13.1 Å². The Kier molecular flexibility index (Phi) is 22.3. The number of nitrogens with one attached hydrogen (secondary N) is 1. The van der Waals surface area contributed by atoms with Gasteiger partial charge >= 0.3 is 5.97 Å². The Morgan fingerprint density at radius 3 is 1.84 bits per heavy atom. The first kappa shape index (κ1) is 29.6. The zero-order valence-corrected chi connectivity index (χ0v) is 20.8. The van der Waals surface area contributed by atoms with E-state index in [-0.39, 0.29) is 18.5 Å². The number of carbonyl (C=O) groups excluding carboxylic acids is 2. The molecule has 0 heterocycles. The molecular formula is C26H50N2O3. The number of esters is 1. The van der Waals surface area contributed by atoms with Gasteiger partial charge in [0, 0.05) is 26.9 Å². The van der Waals surface area contributed by atoms with Crippen molar-refractivity contribution < 1.29 is 14.3 Å². The van der Waals surface area contributed by atoms with Crippen LogP contribution >= 0.6 is 0 Å². The Labute approximate surface area is 192 Å². The monoisotopic (exact) mass is 438 g/mol. The number of carbonyl (C=O) groups is 2. The third kappa shape index (κ3) is 23.1. The van der Waals surface area contributed by atoms with Crippen molar-refractivity contribution in [2.45, 2.75) is 111 Å². The van der Waals surface area contributed by atoms with Gasteiger partial charge in [-0.25, -0.2) is 0 Å². The number of nitrogens with zero attached hydrogens (tertiary/aromatic N) is 1. The summed E-state index contributed by atoms with van der Waals surface area (Å²) >= 11 is 0. The van der Waals surface area contributed by atoms with Crippen LogP contribution in [0.15, 0.2) is 12.2 Å². The summed E-state index contributed by atoms with van der Waals surface area (Å²) in [6.07, 6.45) is 23.3. The quantitative estimate of drug-likeness (QED) is 0.127. The van der Waals surface area contributed by atoms with Crippen molar-refractivity contribution in [3.8, 4) is 0 Å². The fourth-order valence-corrected chi connectivity index (χ4v) is 3.56. The number of unbranched alkanes of at least 4 members (excludes halogenated alkanes) is 12. The normalized spacial score (nSPS) is 11.2. The first-order chi connectivity index (χ1) is 15.1. The first-order valence-corrected chi connectivity index (χ1v) is 12.8. The molecule has 182 valence electrons. The van der Waals surface area contributed by atoms with E-state index in [4.69, 9.17) is 4.74 Å². The lowest BCUT2D eigenvalue weighted by atomic mass is 10.1. The molecule has 0 atom stereocenters. The van der Waals surface area contributed by atoms with Crippen molar-refractivity contribution in [2.24, 2.45) is 0 Å². The molecule has 0 aliphatic heterocycles. The molecule has 0 aromatic rings. The lowest BCUT2D eigenvalue weighted by Crippen LogP contribution is -2.38. The minimum atomic E-state index is -0.304. The third-order valence-electron chi connectivity index (χ3n) is 5.54. The highest BCUT2D eigenvalue weighted by atomic mass is 16.5. The van der Waals surface area contributed by atoms with Crippen LogP contribution in [0.2, 0.25) is 0 Å². The zero-order valence-electron chi connectivity index (χ0n) is 20.8. The van der Waals surface area contributed by atoms with Gasteiger partial charge in [-0.05, 0) is 38.6 Å². The van der Waals surface area contributed by atoms with Crippen LogP contribution in [-0.2, 0) is 14.3 Å². The maximum Gasteiger partial charge on any atom is 0.302 e. The summed E-state index contributed by atoms with van der Waals surface area (Å²) in [5, 5.41) is 3.41. The minimum Gasteiger partial charge on any atom is -0.464 e. The molecule has 1 amide bonds. The van der Waals surface area contributed by atoms with Crippen LogP contribution in [-0.4, -0.2) is 49.6 Å². The number of hydrogen-bond donors (Lipinski definition) is 1. The number of hydrogen-bond acceptors (Lipinski definition) is 4. The Hall–Kier alpha value is -1.36. The van der Waals surface area contributed by atoms with E-state index < -0.39 is 0 Å². The predicted octanol–water partition coefficient (Wildman–Crippen LogP) is 6.03. The molecule has 0 unspecified atom stereocenters. The third-order valence-corrected chi connectivity index (χ3v) is 5.54. The zero-order chi connectivity index (χ0) is 23.0. The molecule has 0 saturated heterocycles.